The van der Waals surface area contributed by atoms with Crippen LogP contribution < -0.4 is 5.32 Å². The topological polar surface area (TPSA) is 72.2 Å². The summed E-state index contributed by atoms with van der Waals surface area (Å²) in [5.74, 6) is 1.14. The Kier molecular flexibility index (Phi) is 4.68. The maximum atomic E-state index is 12.7. The number of benzene rings is 1. The summed E-state index contributed by atoms with van der Waals surface area (Å²) >= 11 is 1.59. The van der Waals surface area contributed by atoms with Gasteiger partial charge in [-0.2, -0.15) is 4.98 Å². The molecule has 3 heterocycles. The van der Waals surface area contributed by atoms with Crippen LogP contribution in [0.5, 0.6) is 0 Å². The van der Waals surface area contributed by atoms with E-state index in [4.69, 9.17) is 0 Å². The van der Waals surface area contributed by atoms with Crippen molar-refractivity contribution in [2.75, 3.05) is 5.32 Å². The van der Waals surface area contributed by atoms with Gasteiger partial charge >= 0.3 is 0 Å². The zero-order chi connectivity index (χ0) is 19.8. The van der Waals surface area contributed by atoms with Crippen molar-refractivity contribution >= 4 is 28.7 Å². The number of anilines is 1. The smallest absolute Gasteiger partial charge is 0.253 e. The van der Waals surface area contributed by atoms with E-state index in [0.29, 0.717) is 11.6 Å². The molecule has 0 saturated carbocycles. The molecular formula is C21H21N5OS. The van der Waals surface area contributed by atoms with Gasteiger partial charge < -0.3 is 5.32 Å². The van der Waals surface area contributed by atoms with E-state index < -0.39 is 0 Å². The third-order valence-corrected chi connectivity index (χ3v) is 5.87. The van der Waals surface area contributed by atoms with Gasteiger partial charge in [0.25, 0.3) is 5.78 Å². The standard InChI is InChI=1S/C21H21N5OS/c1-12-7-5-8-17(13(12)2)23-19(27)11-16-14(3)22-21-24-20(18-9-6-10-28-18)25-26(21)15(16)4/h5-10H,11H2,1-4H3,(H,23,27). The number of rotatable bonds is 4. The van der Waals surface area contributed by atoms with Crippen molar-refractivity contribution in [1.82, 2.24) is 19.6 Å². The Morgan fingerprint density at radius 2 is 1.93 bits per heavy atom. The van der Waals surface area contributed by atoms with Crippen molar-refractivity contribution in [3.63, 3.8) is 0 Å². The molecule has 28 heavy (non-hydrogen) atoms. The molecule has 0 radical (unpaired) electrons. The summed E-state index contributed by atoms with van der Waals surface area (Å²) in [5, 5.41) is 9.61. The van der Waals surface area contributed by atoms with E-state index >= 15 is 0 Å². The first kappa shape index (κ1) is 18.3. The molecule has 0 aliphatic carbocycles. The van der Waals surface area contributed by atoms with E-state index in [1.165, 1.54) is 0 Å². The third-order valence-electron chi connectivity index (χ3n) is 5.01. The number of thiophene rings is 1. The summed E-state index contributed by atoms with van der Waals surface area (Å²) in [6.45, 7) is 7.91. The van der Waals surface area contributed by atoms with Crippen molar-refractivity contribution in [2.45, 2.75) is 34.1 Å². The molecule has 0 unspecified atom stereocenters. The number of hydrogen-bond acceptors (Lipinski definition) is 5. The summed E-state index contributed by atoms with van der Waals surface area (Å²) in [7, 11) is 0. The summed E-state index contributed by atoms with van der Waals surface area (Å²) in [5.41, 5.74) is 5.62. The first-order valence-corrected chi connectivity index (χ1v) is 9.95. The minimum Gasteiger partial charge on any atom is -0.326 e. The predicted octanol–water partition coefficient (Wildman–Crippen LogP) is 4.27. The molecule has 4 aromatic rings. The van der Waals surface area contributed by atoms with Gasteiger partial charge in [-0.15, -0.1) is 16.4 Å². The number of hydrogen-bond donors (Lipinski definition) is 1. The zero-order valence-electron chi connectivity index (χ0n) is 16.3. The number of aromatic nitrogens is 4. The average Bonchev–Trinajstić information content (AvgIpc) is 3.32. The molecule has 7 heteroatoms. The summed E-state index contributed by atoms with van der Waals surface area (Å²) < 4.78 is 1.72. The van der Waals surface area contributed by atoms with Crippen LogP contribution in [0.15, 0.2) is 35.7 Å². The van der Waals surface area contributed by atoms with E-state index in [1.807, 2.05) is 63.4 Å². The SMILES string of the molecule is Cc1cccc(NC(=O)Cc2c(C)nc3nc(-c4cccs4)nn3c2C)c1C. The Morgan fingerprint density at radius 3 is 2.68 bits per heavy atom. The van der Waals surface area contributed by atoms with E-state index in [1.54, 1.807) is 15.9 Å². The molecule has 6 nitrogen and oxygen atoms in total. The average molecular weight is 392 g/mol. The summed E-state index contributed by atoms with van der Waals surface area (Å²) in [6.07, 6.45) is 0.238. The van der Waals surface area contributed by atoms with Gasteiger partial charge in [0.05, 0.1) is 11.3 Å². The lowest BCUT2D eigenvalue weighted by Gasteiger charge is -2.13. The molecule has 0 saturated heterocycles. The van der Waals surface area contributed by atoms with Gasteiger partial charge in [-0.05, 0) is 56.3 Å². The lowest BCUT2D eigenvalue weighted by atomic mass is 10.1. The Balaban J connectivity index is 1.64. The molecule has 1 aromatic carbocycles. The maximum Gasteiger partial charge on any atom is 0.253 e. The number of carbonyl (C=O) groups is 1. The van der Waals surface area contributed by atoms with Crippen molar-refractivity contribution in [3.8, 4) is 10.7 Å². The van der Waals surface area contributed by atoms with Crippen LogP contribution in [0.3, 0.4) is 0 Å². The van der Waals surface area contributed by atoms with Gasteiger partial charge in [0, 0.05) is 22.6 Å². The molecule has 0 fully saturated rings. The molecule has 0 aliphatic heterocycles. The second kappa shape index (κ2) is 7.16. The molecule has 4 rings (SSSR count). The quantitative estimate of drug-likeness (QED) is 0.564. The Labute approximate surface area is 167 Å². The highest BCUT2D eigenvalue weighted by molar-refractivity contribution is 7.13. The van der Waals surface area contributed by atoms with E-state index in [2.05, 4.69) is 20.4 Å². The van der Waals surface area contributed by atoms with Gasteiger partial charge in [0.15, 0.2) is 5.82 Å². The fourth-order valence-corrected chi connectivity index (χ4v) is 3.87. The van der Waals surface area contributed by atoms with Crippen molar-refractivity contribution < 1.29 is 4.79 Å². The first-order chi connectivity index (χ1) is 13.4. The molecule has 1 amide bonds. The lowest BCUT2D eigenvalue weighted by Crippen LogP contribution is -2.18. The minimum atomic E-state index is -0.0698. The molecule has 142 valence electrons. The Bertz CT molecular complexity index is 1180. The number of nitrogens with one attached hydrogen (secondary N) is 1. The van der Waals surface area contributed by atoms with E-state index in [-0.39, 0.29) is 12.3 Å². The van der Waals surface area contributed by atoms with Crippen LogP contribution in [0.4, 0.5) is 5.69 Å². The van der Waals surface area contributed by atoms with Crippen LogP contribution in [0.2, 0.25) is 0 Å². The summed E-state index contributed by atoms with van der Waals surface area (Å²) in [4.78, 5) is 22.8. The van der Waals surface area contributed by atoms with Gasteiger partial charge in [-0.3, -0.25) is 4.79 Å². The fourth-order valence-electron chi connectivity index (χ4n) is 3.22. The molecule has 0 bridgehead atoms. The minimum absolute atomic E-state index is 0.0698. The maximum absolute atomic E-state index is 12.7. The highest BCUT2D eigenvalue weighted by atomic mass is 32.1. The lowest BCUT2D eigenvalue weighted by molar-refractivity contribution is -0.115. The molecule has 1 N–H and O–H groups in total. The van der Waals surface area contributed by atoms with Gasteiger partial charge in [-0.25, -0.2) is 9.50 Å². The van der Waals surface area contributed by atoms with Gasteiger partial charge in [-0.1, -0.05) is 18.2 Å². The van der Waals surface area contributed by atoms with Crippen LogP contribution >= 0.6 is 11.3 Å². The normalized spacial score (nSPS) is 11.1. The zero-order valence-corrected chi connectivity index (χ0v) is 17.1. The van der Waals surface area contributed by atoms with Crippen LogP contribution in [0, 0.1) is 27.7 Å². The van der Waals surface area contributed by atoms with E-state index in [0.717, 1.165) is 38.6 Å². The fraction of sp³-hybridized carbons (Fsp3) is 0.238. The van der Waals surface area contributed by atoms with Gasteiger partial charge in [0.2, 0.25) is 5.91 Å². The number of aryl methyl sites for hydroxylation is 3. The monoisotopic (exact) mass is 391 g/mol. The number of nitrogens with zero attached hydrogens (tertiary/aromatic N) is 4. The van der Waals surface area contributed by atoms with Gasteiger partial charge in [0.1, 0.15) is 0 Å². The highest BCUT2D eigenvalue weighted by Gasteiger charge is 2.17. The molecule has 0 atom stereocenters. The number of fused-ring (bicyclic) bond motifs is 1. The van der Waals surface area contributed by atoms with Crippen molar-refractivity contribution in [2.24, 2.45) is 0 Å². The first-order valence-electron chi connectivity index (χ1n) is 9.07. The highest BCUT2D eigenvalue weighted by Crippen LogP contribution is 2.23. The van der Waals surface area contributed by atoms with Crippen LogP contribution in [0.25, 0.3) is 16.5 Å². The van der Waals surface area contributed by atoms with E-state index in [9.17, 15) is 4.79 Å². The second-order valence-corrected chi connectivity index (χ2v) is 7.81. The molecule has 3 aromatic heterocycles. The van der Waals surface area contributed by atoms with Crippen LogP contribution in [-0.2, 0) is 11.2 Å². The van der Waals surface area contributed by atoms with Crippen molar-refractivity contribution in [3.05, 3.63) is 63.8 Å². The van der Waals surface area contributed by atoms with Crippen molar-refractivity contribution in [1.29, 1.82) is 0 Å². The number of amides is 1. The molecule has 0 aliphatic rings. The predicted molar refractivity (Wildman–Crippen MR) is 112 cm³/mol. The Morgan fingerprint density at radius 1 is 1.11 bits per heavy atom. The Hall–Kier alpha value is -3.06. The number of carbonyl (C=O) groups excluding carboxylic acids is 1. The molecular weight excluding hydrogens is 370 g/mol. The van der Waals surface area contributed by atoms with Crippen LogP contribution in [-0.4, -0.2) is 25.5 Å². The third kappa shape index (κ3) is 3.29. The van der Waals surface area contributed by atoms with Crippen LogP contribution in [0.1, 0.15) is 28.1 Å². The summed E-state index contributed by atoms with van der Waals surface area (Å²) in [6, 6.07) is 9.86. The molecule has 0 spiro atoms. The second-order valence-electron chi connectivity index (χ2n) is 6.86. The largest absolute Gasteiger partial charge is 0.326 e.